The third-order valence-corrected chi connectivity index (χ3v) is 3.92. The van der Waals surface area contributed by atoms with E-state index in [0.717, 1.165) is 15.3 Å². The highest BCUT2D eigenvalue weighted by Gasteiger charge is 2.11. The van der Waals surface area contributed by atoms with Crippen LogP contribution in [0.15, 0.2) is 4.79 Å². The van der Waals surface area contributed by atoms with Crippen molar-refractivity contribution in [3.8, 4) is 0 Å². The van der Waals surface area contributed by atoms with Crippen LogP contribution in [0.4, 0.5) is 0 Å². The van der Waals surface area contributed by atoms with Gasteiger partial charge in [-0.3, -0.25) is 4.79 Å². The van der Waals surface area contributed by atoms with Crippen LogP contribution >= 0.6 is 11.3 Å². The monoisotopic (exact) mass is 267 g/mol. The molecule has 2 aromatic rings. The first-order valence-electron chi connectivity index (χ1n) is 5.86. The molecule has 0 aliphatic heterocycles. The van der Waals surface area contributed by atoms with Crippen molar-refractivity contribution >= 4 is 21.6 Å². The van der Waals surface area contributed by atoms with E-state index in [-0.39, 0.29) is 5.56 Å². The van der Waals surface area contributed by atoms with E-state index in [4.69, 9.17) is 5.11 Å². The summed E-state index contributed by atoms with van der Waals surface area (Å²) in [7, 11) is 0. The minimum Gasteiger partial charge on any atom is -0.392 e. The van der Waals surface area contributed by atoms with Gasteiger partial charge in [-0.2, -0.15) is 0 Å². The summed E-state index contributed by atoms with van der Waals surface area (Å²) in [4.78, 5) is 21.1. The number of aliphatic hydroxyl groups is 1. The molecule has 1 unspecified atom stereocenters. The fourth-order valence-corrected chi connectivity index (χ4v) is 2.83. The van der Waals surface area contributed by atoms with Gasteiger partial charge in [0.15, 0.2) is 0 Å². The van der Waals surface area contributed by atoms with Crippen LogP contribution in [-0.4, -0.2) is 27.7 Å². The zero-order valence-electron chi connectivity index (χ0n) is 10.7. The molecule has 2 rings (SSSR count). The van der Waals surface area contributed by atoms with Crippen molar-refractivity contribution in [3.63, 3.8) is 0 Å². The molecule has 0 fully saturated rings. The highest BCUT2D eigenvalue weighted by atomic mass is 32.1. The molecule has 5 nitrogen and oxygen atoms in total. The number of aromatic amines is 1. The van der Waals surface area contributed by atoms with E-state index in [1.807, 2.05) is 13.8 Å². The van der Waals surface area contributed by atoms with E-state index in [1.54, 1.807) is 6.92 Å². The van der Waals surface area contributed by atoms with Crippen LogP contribution in [-0.2, 0) is 6.54 Å². The number of aliphatic hydroxyl groups excluding tert-OH is 1. The summed E-state index contributed by atoms with van der Waals surface area (Å²) >= 11 is 1.54. The average molecular weight is 267 g/mol. The Morgan fingerprint density at radius 2 is 2.22 bits per heavy atom. The molecular formula is C12H17N3O2S. The Morgan fingerprint density at radius 1 is 1.50 bits per heavy atom. The quantitative estimate of drug-likeness (QED) is 0.774. The van der Waals surface area contributed by atoms with Crippen LogP contribution in [0.5, 0.6) is 0 Å². The summed E-state index contributed by atoms with van der Waals surface area (Å²) in [6, 6.07) is 0. The number of fused-ring (bicyclic) bond motifs is 1. The van der Waals surface area contributed by atoms with Gasteiger partial charge in [0, 0.05) is 11.4 Å². The summed E-state index contributed by atoms with van der Waals surface area (Å²) < 4.78 is 0. The van der Waals surface area contributed by atoms with E-state index in [9.17, 15) is 4.79 Å². The Bertz CT molecular complexity index is 616. The highest BCUT2D eigenvalue weighted by molar-refractivity contribution is 7.18. The molecular weight excluding hydrogens is 250 g/mol. The molecule has 18 heavy (non-hydrogen) atoms. The summed E-state index contributed by atoms with van der Waals surface area (Å²) in [6.45, 7) is 6.57. The molecule has 0 spiro atoms. The number of hydrogen-bond acceptors (Lipinski definition) is 5. The lowest BCUT2D eigenvalue weighted by Crippen LogP contribution is -2.26. The normalized spacial score (nSPS) is 13.1. The minimum absolute atomic E-state index is 0.0873. The average Bonchev–Trinajstić information content (AvgIpc) is 2.54. The van der Waals surface area contributed by atoms with Gasteiger partial charge in [0.25, 0.3) is 5.56 Å². The largest absolute Gasteiger partial charge is 0.392 e. The molecule has 0 aromatic carbocycles. The lowest BCUT2D eigenvalue weighted by atomic mass is 10.2. The number of H-pyrrole nitrogens is 1. The van der Waals surface area contributed by atoms with Gasteiger partial charge < -0.3 is 15.4 Å². The fourth-order valence-electron chi connectivity index (χ4n) is 1.78. The molecule has 0 saturated heterocycles. The first-order chi connectivity index (χ1) is 8.49. The van der Waals surface area contributed by atoms with Crippen LogP contribution < -0.4 is 10.9 Å². The maximum Gasteiger partial charge on any atom is 0.259 e. The second kappa shape index (κ2) is 5.17. The van der Waals surface area contributed by atoms with Crippen LogP contribution in [0.25, 0.3) is 10.2 Å². The van der Waals surface area contributed by atoms with Gasteiger partial charge in [-0.1, -0.05) is 0 Å². The predicted molar refractivity (Wildman–Crippen MR) is 73.1 cm³/mol. The highest BCUT2D eigenvalue weighted by Crippen LogP contribution is 2.25. The van der Waals surface area contributed by atoms with Gasteiger partial charge in [-0.05, 0) is 26.3 Å². The van der Waals surface area contributed by atoms with Gasteiger partial charge in [0.05, 0.1) is 18.0 Å². The number of rotatable bonds is 4. The maximum atomic E-state index is 12.0. The van der Waals surface area contributed by atoms with Gasteiger partial charge >= 0.3 is 0 Å². The third kappa shape index (κ3) is 2.60. The molecule has 2 heterocycles. The number of aromatic nitrogens is 2. The number of aryl methyl sites for hydroxylation is 2. The molecule has 0 aliphatic carbocycles. The third-order valence-electron chi connectivity index (χ3n) is 2.82. The van der Waals surface area contributed by atoms with E-state index in [1.165, 1.54) is 11.3 Å². The molecule has 2 aromatic heterocycles. The van der Waals surface area contributed by atoms with E-state index < -0.39 is 6.10 Å². The number of nitrogens with zero attached hydrogens (tertiary/aromatic N) is 1. The molecule has 0 radical (unpaired) electrons. The molecule has 0 aliphatic rings. The number of hydrogen-bond donors (Lipinski definition) is 3. The van der Waals surface area contributed by atoms with Crippen molar-refractivity contribution in [3.05, 3.63) is 26.6 Å². The van der Waals surface area contributed by atoms with Gasteiger partial charge in [0.2, 0.25) is 0 Å². The maximum absolute atomic E-state index is 12.0. The lowest BCUT2D eigenvalue weighted by Gasteiger charge is -2.06. The van der Waals surface area contributed by atoms with Crippen molar-refractivity contribution < 1.29 is 5.11 Å². The standard InChI is InChI=1S/C12H17N3O2S/c1-6(16)4-13-5-9-14-11(17)10-7(2)8(3)18-12(10)15-9/h6,13,16H,4-5H2,1-3H3,(H,14,15,17). The van der Waals surface area contributed by atoms with Crippen molar-refractivity contribution in [1.29, 1.82) is 0 Å². The lowest BCUT2D eigenvalue weighted by molar-refractivity contribution is 0.190. The van der Waals surface area contributed by atoms with Gasteiger partial charge in [-0.25, -0.2) is 4.98 Å². The summed E-state index contributed by atoms with van der Waals surface area (Å²) in [6.07, 6.45) is -0.410. The van der Waals surface area contributed by atoms with E-state index in [0.29, 0.717) is 24.3 Å². The fraction of sp³-hybridized carbons (Fsp3) is 0.500. The second-order valence-corrected chi connectivity index (χ2v) is 5.66. The van der Waals surface area contributed by atoms with Gasteiger partial charge in [0.1, 0.15) is 10.7 Å². The van der Waals surface area contributed by atoms with Crippen molar-refractivity contribution in [2.24, 2.45) is 0 Å². The topological polar surface area (TPSA) is 78.0 Å². The SMILES string of the molecule is Cc1sc2nc(CNCC(C)O)[nH]c(=O)c2c1C. The Balaban J connectivity index is 2.29. The zero-order valence-corrected chi connectivity index (χ0v) is 11.5. The Kier molecular flexibility index (Phi) is 3.79. The smallest absolute Gasteiger partial charge is 0.259 e. The van der Waals surface area contributed by atoms with Gasteiger partial charge in [-0.15, -0.1) is 11.3 Å². The van der Waals surface area contributed by atoms with E-state index >= 15 is 0 Å². The van der Waals surface area contributed by atoms with Crippen molar-refractivity contribution in [1.82, 2.24) is 15.3 Å². The van der Waals surface area contributed by atoms with Crippen LogP contribution in [0.1, 0.15) is 23.2 Å². The van der Waals surface area contributed by atoms with Crippen LogP contribution in [0.3, 0.4) is 0 Å². The van der Waals surface area contributed by atoms with Crippen LogP contribution in [0.2, 0.25) is 0 Å². The van der Waals surface area contributed by atoms with E-state index in [2.05, 4.69) is 15.3 Å². The number of thiophene rings is 1. The summed E-state index contributed by atoms with van der Waals surface area (Å²) in [5.41, 5.74) is 0.919. The molecule has 0 saturated carbocycles. The molecule has 98 valence electrons. The van der Waals surface area contributed by atoms with Crippen molar-refractivity contribution in [2.45, 2.75) is 33.4 Å². The molecule has 6 heteroatoms. The Labute approximate surface area is 109 Å². The second-order valence-electron chi connectivity index (χ2n) is 4.46. The first kappa shape index (κ1) is 13.2. The number of nitrogens with one attached hydrogen (secondary N) is 2. The van der Waals surface area contributed by atoms with Crippen molar-refractivity contribution in [2.75, 3.05) is 6.54 Å². The first-order valence-corrected chi connectivity index (χ1v) is 6.68. The molecule has 0 amide bonds. The Hall–Kier alpha value is -1.24. The Morgan fingerprint density at radius 3 is 2.89 bits per heavy atom. The van der Waals surface area contributed by atoms with Crippen LogP contribution in [0, 0.1) is 13.8 Å². The zero-order chi connectivity index (χ0) is 13.3. The minimum atomic E-state index is -0.410. The molecule has 0 bridgehead atoms. The molecule has 1 atom stereocenters. The summed E-state index contributed by atoms with van der Waals surface area (Å²) in [5.74, 6) is 0.606. The predicted octanol–water partition coefficient (Wildman–Crippen LogP) is 1.07. The summed E-state index contributed by atoms with van der Waals surface area (Å²) in [5, 5.41) is 12.9. The molecule has 3 N–H and O–H groups in total.